The van der Waals surface area contributed by atoms with E-state index in [-0.39, 0.29) is 6.61 Å². The molecule has 0 radical (unpaired) electrons. The van der Waals surface area contributed by atoms with Gasteiger partial charge in [-0.3, -0.25) is 4.79 Å². The van der Waals surface area contributed by atoms with Crippen molar-refractivity contribution in [3.8, 4) is 5.75 Å². The molecule has 25 heavy (non-hydrogen) atoms. The molecule has 0 unspecified atom stereocenters. The summed E-state index contributed by atoms with van der Waals surface area (Å²) in [4.78, 5) is 22.5. The summed E-state index contributed by atoms with van der Waals surface area (Å²) in [7, 11) is 1.58. The topological polar surface area (TPSA) is 64.6 Å². The van der Waals surface area contributed by atoms with Crippen molar-refractivity contribution in [2.24, 2.45) is 0 Å². The largest absolute Gasteiger partial charge is 0.496 e. The number of alkyl carbamates (subject to hydrolysis) is 1. The second kappa shape index (κ2) is 9.93. The number of hydrogen-bond acceptors (Lipinski definition) is 4. The molecule has 1 N–H and O–H groups in total. The van der Waals surface area contributed by atoms with Gasteiger partial charge in [0.1, 0.15) is 18.6 Å². The third-order valence-electron chi connectivity index (χ3n) is 3.48. The van der Waals surface area contributed by atoms with Gasteiger partial charge in [0, 0.05) is 17.7 Å². The van der Waals surface area contributed by atoms with Gasteiger partial charge in [-0.1, -0.05) is 42.5 Å². The van der Waals surface area contributed by atoms with Crippen LogP contribution in [-0.2, 0) is 11.3 Å². The zero-order chi connectivity index (χ0) is 17.9. The monoisotopic (exact) mass is 339 g/mol. The number of hydrogen-bond donors (Lipinski definition) is 1. The number of ether oxygens (including phenoxy) is 2. The van der Waals surface area contributed by atoms with Gasteiger partial charge < -0.3 is 14.8 Å². The second-order valence-corrected chi connectivity index (χ2v) is 5.30. The van der Waals surface area contributed by atoms with Crippen molar-refractivity contribution in [3.63, 3.8) is 0 Å². The fourth-order valence-corrected chi connectivity index (χ4v) is 2.20. The number of carbonyl (C=O) groups is 2. The predicted molar refractivity (Wildman–Crippen MR) is 96.7 cm³/mol. The maximum atomic E-state index is 11.6. The predicted octanol–water partition coefficient (Wildman–Crippen LogP) is 3.84. The molecule has 0 aliphatic rings. The first-order valence-corrected chi connectivity index (χ1v) is 7.97. The molecule has 5 nitrogen and oxygen atoms in total. The molecule has 0 bridgehead atoms. The smallest absolute Gasteiger partial charge is 0.407 e. The minimum atomic E-state index is -0.446. The van der Waals surface area contributed by atoms with Crippen LogP contribution in [0.1, 0.15) is 27.9 Å². The zero-order valence-corrected chi connectivity index (χ0v) is 14.1. The summed E-state index contributed by atoms with van der Waals surface area (Å²) in [6.07, 6.45) is 4.75. The van der Waals surface area contributed by atoms with Gasteiger partial charge in [-0.25, -0.2) is 4.79 Å². The third-order valence-corrected chi connectivity index (χ3v) is 3.48. The lowest BCUT2D eigenvalue weighted by atomic mass is 10.1. The van der Waals surface area contributed by atoms with Crippen LogP contribution in [0.2, 0.25) is 0 Å². The highest BCUT2D eigenvalue weighted by Gasteiger charge is 2.02. The Kier molecular flexibility index (Phi) is 7.25. The van der Waals surface area contributed by atoms with E-state index < -0.39 is 6.09 Å². The Morgan fingerprint density at radius 3 is 2.68 bits per heavy atom. The van der Waals surface area contributed by atoms with E-state index in [1.807, 2.05) is 42.5 Å². The van der Waals surface area contributed by atoms with E-state index in [2.05, 4.69) is 5.32 Å². The first-order valence-electron chi connectivity index (χ1n) is 7.97. The van der Waals surface area contributed by atoms with Crippen molar-refractivity contribution < 1.29 is 19.1 Å². The lowest BCUT2D eigenvalue weighted by Gasteiger charge is -2.06. The van der Waals surface area contributed by atoms with Crippen molar-refractivity contribution in [2.75, 3.05) is 13.7 Å². The van der Waals surface area contributed by atoms with Gasteiger partial charge in [0.2, 0.25) is 0 Å². The van der Waals surface area contributed by atoms with Gasteiger partial charge in [0.15, 0.2) is 0 Å². The third kappa shape index (κ3) is 6.14. The van der Waals surface area contributed by atoms with E-state index in [4.69, 9.17) is 9.47 Å². The molecule has 5 heteroatoms. The van der Waals surface area contributed by atoms with Crippen LogP contribution >= 0.6 is 0 Å². The normalized spacial score (nSPS) is 10.4. The van der Waals surface area contributed by atoms with Crippen molar-refractivity contribution in [1.82, 2.24) is 5.32 Å². The van der Waals surface area contributed by atoms with E-state index in [0.29, 0.717) is 24.3 Å². The van der Waals surface area contributed by atoms with Crippen LogP contribution in [0, 0.1) is 0 Å². The first-order chi connectivity index (χ1) is 12.2. The minimum absolute atomic E-state index is 0.248. The van der Waals surface area contributed by atoms with Gasteiger partial charge in [-0.2, -0.15) is 0 Å². The molecule has 0 spiro atoms. The summed E-state index contributed by atoms with van der Waals surface area (Å²) in [5.41, 5.74) is 2.35. The fourth-order valence-electron chi connectivity index (χ4n) is 2.20. The Morgan fingerprint density at radius 2 is 1.96 bits per heavy atom. The van der Waals surface area contributed by atoms with Gasteiger partial charge in [0.25, 0.3) is 0 Å². The molecule has 0 aromatic heterocycles. The number of rotatable bonds is 8. The molecule has 2 aromatic rings. The maximum absolute atomic E-state index is 11.6. The lowest BCUT2D eigenvalue weighted by Crippen LogP contribution is -2.24. The molecule has 0 saturated heterocycles. The van der Waals surface area contributed by atoms with E-state index in [9.17, 15) is 9.59 Å². The SMILES string of the molecule is COc1ccc(C=O)cc1C=CCCNC(=O)OCc1ccccc1. The van der Waals surface area contributed by atoms with E-state index in [0.717, 1.165) is 17.4 Å². The molecular formula is C20H21NO4. The van der Waals surface area contributed by atoms with Crippen molar-refractivity contribution in [2.45, 2.75) is 13.0 Å². The molecule has 0 fully saturated rings. The Morgan fingerprint density at radius 1 is 1.16 bits per heavy atom. The van der Waals surface area contributed by atoms with Crippen LogP contribution < -0.4 is 10.1 Å². The van der Waals surface area contributed by atoms with Gasteiger partial charge in [0.05, 0.1) is 7.11 Å². The zero-order valence-electron chi connectivity index (χ0n) is 14.1. The molecule has 0 aliphatic heterocycles. The van der Waals surface area contributed by atoms with E-state index in [1.54, 1.807) is 25.3 Å². The van der Waals surface area contributed by atoms with Crippen LogP contribution in [0.3, 0.4) is 0 Å². The van der Waals surface area contributed by atoms with Crippen LogP contribution in [0.25, 0.3) is 6.08 Å². The number of benzene rings is 2. The summed E-state index contributed by atoms with van der Waals surface area (Å²) >= 11 is 0. The molecule has 130 valence electrons. The fraction of sp³-hybridized carbons (Fsp3) is 0.200. The molecule has 0 saturated carbocycles. The average molecular weight is 339 g/mol. The van der Waals surface area contributed by atoms with Gasteiger partial charge in [-0.15, -0.1) is 0 Å². The number of carbonyl (C=O) groups excluding carboxylic acids is 2. The first kappa shape index (κ1) is 18.3. The van der Waals surface area contributed by atoms with E-state index in [1.165, 1.54) is 0 Å². The quantitative estimate of drug-likeness (QED) is 0.586. The number of nitrogens with one attached hydrogen (secondary N) is 1. The van der Waals surface area contributed by atoms with Crippen LogP contribution in [0.5, 0.6) is 5.75 Å². The lowest BCUT2D eigenvalue weighted by molar-refractivity contribution is 0.112. The molecule has 2 aromatic carbocycles. The second-order valence-electron chi connectivity index (χ2n) is 5.30. The molecule has 0 atom stereocenters. The minimum Gasteiger partial charge on any atom is -0.496 e. The van der Waals surface area contributed by atoms with Gasteiger partial charge in [-0.05, 0) is 30.2 Å². The van der Waals surface area contributed by atoms with Crippen molar-refractivity contribution in [3.05, 3.63) is 71.3 Å². The Hall–Kier alpha value is -3.08. The Balaban J connectivity index is 1.74. The average Bonchev–Trinajstić information content (AvgIpc) is 2.66. The van der Waals surface area contributed by atoms with Crippen LogP contribution in [0.15, 0.2) is 54.6 Å². The van der Waals surface area contributed by atoms with E-state index >= 15 is 0 Å². The summed E-state index contributed by atoms with van der Waals surface area (Å²) in [5, 5.41) is 2.69. The summed E-state index contributed by atoms with van der Waals surface area (Å²) in [6, 6.07) is 14.7. The number of amides is 1. The summed E-state index contributed by atoms with van der Waals surface area (Å²) in [6.45, 7) is 0.706. The summed E-state index contributed by atoms with van der Waals surface area (Å²) in [5.74, 6) is 0.692. The Labute approximate surface area is 147 Å². The highest BCUT2D eigenvalue weighted by atomic mass is 16.5. The maximum Gasteiger partial charge on any atom is 0.407 e. The molecule has 0 heterocycles. The Bertz CT molecular complexity index is 726. The van der Waals surface area contributed by atoms with Gasteiger partial charge >= 0.3 is 6.09 Å². The molecule has 1 amide bonds. The van der Waals surface area contributed by atoms with Crippen molar-refractivity contribution in [1.29, 1.82) is 0 Å². The highest BCUT2D eigenvalue weighted by Crippen LogP contribution is 2.20. The standard InChI is InChI=1S/C20H21NO4/c1-24-19-11-10-17(14-22)13-18(19)9-5-6-12-21-20(23)25-15-16-7-3-2-4-8-16/h2-5,7-11,13-14H,6,12,15H2,1H3,(H,21,23). The molecular weight excluding hydrogens is 318 g/mol. The van der Waals surface area contributed by atoms with Crippen LogP contribution in [-0.4, -0.2) is 26.0 Å². The molecule has 0 aliphatic carbocycles. The van der Waals surface area contributed by atoms with Crippen molar-refractivity contribution >= 4 is 18.5 Å². The summed E-state index contributed by atoms with van der Waals surface area (Å²) < 4.78 is 10.4. The number of methoxy groups -OCH3 is 1. The number of aldehydes is 1. The van der Waals surface area contributed by atoms with Crippen LogP contribution in [0.4, 0.5) is 4.79 Å². The molecule has 2 rings (SSSR count). The highest BCUT2D eigenvalue weighted by molar-refractivity contribution is 5.77.